The fourth-order valence-electron chi connectivity index (χ4n) is 2.63. The SMILES string of the molecule is CC(C)(C)C(=O)SCCO[PH](=O)OC[C@H]1O[C@@H](n2ccc(=O)[nH]c2=O)[C@](C)(Cl)[C@@H]1O. The number of carbonyl (C=O) groups is 1. The molecular weight excluding hydrogens is 459 g/mol. The van der Waals surface area contributed by atoms with Crippen LogP contribution in [0.5, 0.6) is 0 Å². The number of nitrogens with zero attached hydrogens (tertiary/aromatic N) is 1. The first-order chi connectivity index (χ1) is 13.8. The highest BCUT2D eigenvalue weighted by molar-refractivity contribution is 8.13. The number of hydrogen-bond acceptors (Lipinski definition) is 9. The smallest absolute Gasteiger partial charge is 0.330 e. The Morgan fingerprint density at radius 2 is 2.10 bits per heavy atom. The lowest BCUT2D eigenvalue weighted by molar-refractivity contribution is -0.117. The average Bonchev–Trinajstić information content (AvgIpc) is 2.86. The molecule has 1 fully saturated rings. The van der Waals surface area contributed by atoms with Crippen molar-refractivity contribution >= 4 is 36.7 Å². The summed E-state index contributed by atoms with van der Waals surface area (Å²) in [5.74, 6) is 0.329. The predicted octanol–water partition coefficient (Wildman–Crippen LogP) is 1.52. The molecule has 1 unspecified atom stereocenters. The van der Waals surface area contributed by atoms with Crippen molar-refractivity contribution in [3.63, 3.8) is 0 Å². The van der Waals surface area contributed by atoms with E-state index in [4.69, 9.17) is 25.4 Å². The summed E-state index contributed by atoms with van der Waals surface area (Å²) in [4.78, 5) is 35.7. The normalized spacial score (nSPS) is 27.9. The van der Waals surface area contributed by atoms with Crippen molar-refractivity contribution < 1.29 is 28.3 Å². The van der Waals surface area contributed by atoms with Crippen LogP contribution in [0.4, 0.5) is 0 Å². The minimum atomic E-state index is -2.89. The van der Waals surface area contributed by atoms with E-state index >= 15 is 0 Å². The first-order valence-electron chi connectivity index (χ1n) is 9.14. The lowest BCUT2D eigenvalue weighted by atomic mass is 10.00. The van der Waals surface area contributed by atoms with Gasteiger partial charge in [0.2, 0.25) is 0 Å². The van der Waals surface area contributed by atoms with Crippen LogP contribution in [-0.4, -0.2) is 55.8 Å². The molecule has 1 aliphatic rings. The molecule has 0 radical (unpaired) electrons. The molecule has 2 rings (SSSR count). The molecule has 0 spiro atoms. The summed E-state index contributed by atoms with van der Waals surface area (Å²) >= 11 is 7.48. The Balaban J connectivity index is 1.87. The van der Waals surface area contributed by atoms with Gasteiger partial charge in [0.25, 0.3) is 5.56 Å². The number of aliphatic hydroxyl groups excluding tert-OH is 1. The van der Waals surface area contributed by atoms with Gasteiger partial charge in [-0.15, -0.1) is 11.6 Å². The zero-order chi connectivity index (χ0) is 22.7. The molecule has 0 bridgehead atoms. The second-order valence-corrected chi connectivity index (χ2v) is 10.9. The molecule has 1 aromatic heterocycles. The number of carbonyl (C=O) groups excluding carboxylic acids is 1. The maximum absolute atomic E-state index is 12.0. The summed E-state index contributed by atoms with van der Waals surface area (Å²) in [6.07, 6.45) is -2.11. The number of aromatic amines is 1. The quantitative estimate of drug-likeness (QED) is 0.319. The van der Waals surface area contributed by atoms with Crippen LogP contribution in [0.3, 0.4) is 0 Å². The minimum absolute atomic E-state index is 0.000827. The summed E-state index contributed by atoms with van der Waals surface area (Å²) in [5, 5.41) is 10.5. The van der Waals surface area contributed by atoms with Gasteiger partial charge in [0.1, 0.15) is 17.1 Å². The van der Waals surface area contributed by atoms with E-state index in [-0.39, 0.29) is 18.3 Å². The molecule has 1 saturated heterocycles. The Hall–Kier alpha value is -0.940. The Morgan fingerprint density at radius 1 is 1.43 bits per heavy atom. The molecule has 0 aromatic carbocycles. The number of rotatable bonds is 8. The number of hydrogen-bond donors (Lipinski definition) is 2. The molecule has 1 aliphatic heterocycles. The fraction of sp³-hybridized carbons (Fsp3) is 0.706. The third-order valence-corrected chi connectivity index (χ3v) is 6.83. The molecule has 170 valence electrons. The monoisotopic (exact) mass is 484 g/mol. The van der Waals surface area contributed by atoms with Crippen LogP contribution in [0.1, 0.15) is 33.9 Å². The van der Waals surface area contributed by atoms with Crippen molar-refractivity contribution in [2.24, 2.45) is 5.41 Å². The molecule has 2 heterocycles. The van der Waals surface area contributed by atoms with Crippen molar-refractivity contribution in [1.82, 2.24) is 9.55 Å². The van der Waals surface area contributed by atoms with Gasteiger partial charge in [0.05, 0.1) is 13.2 Å². The van der Waals surface area contributed by atoms with Crippen molar-refractivity contribution in [3.8, 4) is 0 Å². The van der Waals surface area contributed by atoms with Crippen LogP contribution in [0.25, 0.3) is 0 Å². The predicted molar refractivity (Wildman–Crippen MR) is 113 cm³/mol. The average molecular weight is 485 g/mol. The fourth-order valence-corrected chi connectivity index (χ4v) is 4.51. The van der Waals surface area contributed by atoms with E-state index in [9.17, 15) is 24.1 Å². The molecule has 2 N–H and O–H groups in total. The second-order valence-electron chi connectivity index (χ2n) is 7.94. The van der Waals surface area contributed by atoms with Gasteiger partial charge in [-0.2, -0.15) is 0 Å². The largest absolute Gasteiger partial charge is 0.388 e. The van der Waals surface area contributed by atoms with Crippen molar-refractivity contribution in [1.29, 1.82) is 0 Å². The van der Waals surface area contributed by atoms with Gasteiger partial charge in [-0.1, -0.05) is 32.5 Å². The van der Waals surface area contributed by atoms with E-state index in [1.807, 2.05) is 0 Å². The van der Waals surface area contributed by atoms with Crippen molar-refractivity contribution in [2.45, 2.75) is 51.0 Å². The highest BCUT2D eigenvalue weighted by Gasteiger charge is 2.53. The van der Waals surface area contributed by atoms with Gasteiger partial charge in [0.15, 0.2) is 11.3 Å². The number of thioether (sulfide) groups is 1. The van der Waals surface area contributed by atoms with Crippen LogP contribution < -0.4 is 11.2 Å². The minimum Gasteiger partial charge on any atom is -0.388 e. The Morgan fingerprint density at radius 3 is 2.70 bits per heavy atom. The van der Waals surface area contributed by atoms with Gasteiger partial charge in [-0.05, 0) is 6.92 Å². The van der Waals surface area contributed by atoms with Crippen LogP contribution in [0, 0.1) is 5.41 Å². The topological polar surface area (TPSA) is 137 Å². The lowest BCUT2D eigenvalue weighted by Crippen LogP contribution is -2.42. The first kappa shape index (κ1) is 25.3. The summed E-state index contributed by atoms with van der Waals surface area (Å²) < 4.78 is 28.9. The number of ether oxygens (including phenoxy) is 1. The van der Waals surface area contributed by atoms with E-state index in [0.29, 0.717) is 5.75 Å². The van der Waals surface area contributed by atoms with Crippen LogP contribution >= 0.6 is 31.6 Å². The zero-order valence-electron chi connectivity index (χ0n) is 17.0. The second kappa shape index (κ2) is 10.1. The van der Waals surface area contributed by atoms with Gasteiger partial charge in [0, 0.05) is 23.4 Å². The van der Waals surface area contributed by atoms with Crippen molar-refractivity contribution in [2.75, 3.05) is 19.0 Å². The van der Waals surface area contributed by atoms with E-state index in [2.05, 4.69) is 4.98 Å². The van der Waals surface area contributed by atoms with Gasteiger partial charge in [-0.25, -0.2) is 4.79 Å². The van der Waals surface area contributed by atoms with Crippen LogP contribution in [0.15, 0.2) is 21.9 Å². The molecule has 1 aromatic rings. The van der Waals surface area contributed by atoms with E-state index < -0.39 is 48.2 Å². The van der Waals surface area contributed by atoms with E-state index in [1.54, 1.807) is 20.8 Å². The number of aromatic nitrogens is 2. The maximum Gasteiger partial charge on any atom is 0.330 e. The third-order valence-electron chi connectivity index (χ3n) is 4.34. The zero-order valence-corrected chi connectivity index (χ0v) is 19.6. The number of nitrogens with one attached hydrogen (secondary N) is 1. The molecule has 0 aliphatic carbocycles. The highest BCUT2D eigenvalue weighted by atomic mass is 35.5. The summed E-state index contributed by atoms with van der Waals surface area (Å²) in [6.45, 7) is 6.67. The Kier molecular flexibility index (Phi) is 8.54. The van der Waals surface area contributed by atoms with Gasteiger partial charge < -0.3 is 18.9 Å². The molecular formula is C17H26ClN2O8PS. The first-order valence-corrected chi connectivity index (χ1v) is 11.7. The van der Waals surface area contributed by atoms with Crippen LogP contribution in [-0.2, 0) is 23.1 Å². The molecule has 0 amide bonds. The number of alkyl halides is 1. The number of H-pyrrole nitrogens is 1. The number of halogens is 1. The summed E-state index contributed by atoms with van der Waals surface area (Å²) in [7, 11) is -2.89. The summed E-state index contributed by atoms with van der Waals surface area (Å²) in [6, 6.07) is 1.13. The van der Waals surface area contributed by atoms with E-state index in [1.165, 1.54) is 13.1 Å². The molecule has 0 saturated carbocycles. The molecule has 5 atom stereocenters. The lowest BCUT2D eigenvalue weighted by Gasteiger charge is -2.26. The summed E-state index contributed by atoms with van der Waals surface area (Å²) in [5.41, 5.74) is -1.79. The maximum atomic E-state index is 12.0. The molecule has 30 heavy (non-hydrogen) atoms. The van der Waals surface area contributed by atoms with Crippen molar-refractivity contribution in [3.05, 3.63) is 33.1 Å². The number of aliphatic hydroxyl groups is 1. The van der Waals surface area contributed by atoms with Crippen LogP contribution in [0.2, 0.25) is 0 Å². The highest BCUT2D eigenvalue weighted by Crippen LogP contribution is 2.43. The van der Waals surface area contributed by atoms with Gasteiger partial charge in [-0.3, -0.25) is 23.7 Å². The molecule has 10 nitrogen and oxygen atoms in total. The Labute approximate surface area is 183 Å². The van der Waals surface area contributed by atoms with Gasteiger partial charge >= 0.3 is 13.9 Å². The third kappa shape index (κ3) is 6.29. The molecule has 13 heteroatoms. The Bertz CT molecular complexity index is 897. The standard InChI is InChI=1S/C17H26ClN2O8PS/c1-16(2,3)14(23)30-8-7-26-29(25)27-9-10-12(22)17(4,18)13(28-10)20-6-5-11(21)19-15(20)24/h5-6,10,12-13,22,29H,7-9H2,1-4H3,(H,19,21,24)/t10-,12-,13-,17-/m1/s1. The van der Waals surface area contributed by atoms with E-state index in [0.717, 1.165) is 22.4 Å².